The first-order valence-corrected chi connectivity index (χ1v) is 15.9. The Balaban J connectivity index is 2.38. The van der Waals surface area contributed by atoms with Gasteiger partial charge in [-0.1, -0.05) is 80.4 Å². The van der Waals surface area contributed by atoms with Crippen molar-refractivity contribution < 1.29 is 24.1 Å². The van der Waals surface area contributed by atoms with E-state index in [4.69, 9.17) is 14.5 Å². The highest BCUT2D eigenvalue weighted by Gasteiger charge is 2.43. The summed E-state index contributed by atoms with van der Waals surface area (Å²) in [6.07, 6.45) is 5.11. The summed E-state index contributed by atoms with van der Waals surface area (Å²) in [4.78, 5) is 4.77. The van der Waals surface area contributed by atoms with Gasteiger partial charge < -0.3 is 19.7 Å². The fourth-order valence-corrected chi connectivity index (χ4v) is 5.02. The van der Waals surface area contributed by atoms with Crippen molar-refractivity contribution in [1.82, 2.24) is 0 Å². The number of nitrogens with zero attached hydrogens (tertiary/aromatic N) is 1. The molecule has 3 rings (SSSR count). The molecular weight excluding hydrogens is 553 g/mol. The van der Waals surface area contributed by atoms with Gasteiger partial charge in [-0.05, 0) is 84.2 Å². The molecule has 0 fully saturated rings. The Bertz CT molecular complexity index is 1350. The van der Waals surface area contributed by atoms with Crippen LogP contribution in [-0.4, -0.2) is 35.7 Å². The van der Waals surface area contributed by atoms with Crippen LogP contribution in [-0.2, 0) is 16.4 Å². The highest BCUT2D eigenvalue weighted by Crippen LogP contribution is 2.46. The van der Waals surface area contributed by atoms with Crippen LogP contribution in [0, 0.1) is 5.82 Å². The van der Waals surface area contributed by atoms with E-state index in [1.165, 1.54) is 24.4 Å². The molecule has 3 aromatic rings. The van der Waals surface area contributed by atoms with E-state index in [1.807, 2.05) is 43.3 Å². The maximum absolute atomic E-state index is 14.1. The van der Waals surface area contributed by atoms with Crippen LogP contribution in [0.25, 0.3) is 0 Å². The molecule has 0 aromatic heterocycles. The molecule has 44 heavy (non-hydrogen) atoms. The molecule has 0 aliphatic heterocycles. The monoisotopic (exact) mass is 605 g/mol. The molecule has 3 aromatic carbocycles. The number of hydrogen-bond acceptors (Lipinski definition) is 5. The van der Waals surface area contributed by atoms with Crippen molar-refractivity contribution in [2.45, 2.75) is 110 Å². The molecule has 5 nitrogen and oxygen atoms in total. The van der Waals surface area contributed by atoms with E-state index in [0.717, 1.165) is 36.8 Å². The van der Waals surface area contributed by atoms with Crippen LogP contribution < -0.4 is 9.47 Å². The van der Waals surface area contributed by atoms with Crippen LogP contribution >= 0.6 is 0 Å². The van der Waals surface area contributed by atoms with E-state index < -0.39 is 17.5 Å². The SMILES string of the molecule is CCCCOc1ccc(C(C)(C)C)cc1C(O)(c1cc(C(C)(C)C)ccc1OCCCC)[C@@H](C)N=Cc1cc(F)ccc1O. The average Bonchev–Trinajstić information content (AvgIpc) is 2.96. The summed E-state index contributed by atoms with van der Waals surface area (Å²) in [5, 5.41) is 23.7. The molecule has 0 aliphatic rings. The number of hydrogen-bond donors (Lipinski definition) is 2. The van der Waals surface area contributed by atoms with E-state index in [9.17, 15) is 14.6 Å². The van der Waals surface area contributed by atoms with Gasteiger partial charge in [-0.2, -0.15) is 0 Å². The minimum Gasteiger partial charge on any atom is -0.507 e. The number of halogens is 1. The molecule has 0 amide bonds. The van der Waals surface area contributed by atoms with Gasteiger partial charge in [-0.25, -0.2) is 4.39 Å². The molecule has 1 atom stereocenters. The lowest BCUT2D eigenvalue weighted by molar-refractivity contribution is 0.0519. The second-order valence-corrected chi connectivity index (χ2v) is 13.7. The number of aromatic hydroxyl groups is 1. The molecule has 240 valence electrons. The minimum atomic E-state index is -1.72. The van der Waals surface area contributed by atoms with E-state index in [0.29, 0.717) is 35.8 Å². The predicted molar refractivity (Wildman–Crippen MR) is 179 cm³/mol. The third-order valence-corrected chi connectivity index (χ3v) is 8.05. The Labute approximate surface area is 264 Å². The van der Waals surface area contributed by atoms with Gasteiger partial charge in [0.05, 0.1) is 19.3 Å². The van der Waals surface area contributed by atoms with Crippen LogP contribution in [0.4, 0.5) is 4.39 Å². The zero-order valence-electron chi connectivity index (χ0n) is 28.1. The first-order chi connectivity index (χ1) is 20.6. The number of ether oxygens (including phenoxy) is 2. The fourth-order valence-electron chi connectivity index (χ4n) is 5.02. The number of phenolic OH excluding ortho intramolecular Hbond substituents is 1. The standard InChI is InChI=1S/C38H52FNO4/c1-10-12-20-43-34-18-14-28(36(4,5)6)23-31(34)38(42,26(3)40-25-27-22-30(39)16-17-33(27)41)32-24-29(37(7,8)9)15-19-35(32)44-21-13-11-2/h14-19,22-26,41-42H,10-13,20-21H2,1-9H3/t26-/m1/s1. The Morgan fingerprint density at radius 2 is 1.25 bits per heavy atom. The van der Waals surface area contributed by atoms with E-state index >= 15 is 0 Å². The van der Waals surface area contributed by atoms with Crippen molar-refractivity contribution in [3.05, 3.63) is 88.2 Å². The van der Waals surface area contributed by atoms with Gasteiger partial charge >= 0.3 is 0 Å². The topological polar surface area (TPSA) is 71.3 Å². The summed E-state index contributed by atoms with van der Waals surface area (Å²) < 4.78 is 26.8. The van der Waals surface area contributed by atoms with Crippen LogP contribution in [0.1, 0.15) is 116 Å². The number of benzene rings is 3. The van der Waals surface area contributed by atoms with Crippen molar-refractivity contribution in [3.63, 3.8) is 0 Å². The Morgan fingerprint density at radius 1 is 0.773 bits per heavy atom. The molecule has 0 spiro atoms. The second-order valence-electron chi connectivity index (χ2n) is 13.7. The lowest BCUT2D eigenvalue weighted by Crippen LogP contribution is -2.39. The maximum Gasteiger partial charge on any atom is 0.144 e. The molecule has 2 N–H and O–H groups in total. The zero-order valence-corrected chi connectivity index (χ0v) is 28.1. The number of phenols is 1. The van der Waals surface area contributed by atoms with Crippen LogP contribution in [0.2, 0.25) is 0 Å². The number of unbranched alkanes of at least 4 members (excludes halogenated alkanes) is 2. The largest absolute Gasteiger partial charge is 0.507 e. The van der Waals surface area contributed by atoms with E-state index in [1.54, 1.807) is 0 Å². The zero-order chi connectivity index (χ0) is 32.7. The average molecular weight is 606 g/mol. The molecule has 6 heteroatoms. The summed E-state index contributed by atoms with van der Waals surface area (Å²) in [5.41, 5.74) is 1.34. The van der Waals surface area contributed by atoms with Crippen LogP contribution in [0.15, 0.2) is 59.6 Å². The molecular formula is C38H52FNO4. The van der Waals surface area contributed by atoms with Crippen LogP contribution in [0.5, 0.6) is 17.2 Å². The molecule has 0 heterocycles. The molecule has 0 aliphatic carbocycles. The van der Waals surface area contributed by atoms with E-state index in [-0.39, 0.29) is 22.1 Å². The first-order valence-electron chi connectivity index (χ1n) is 15.9. The van der Waals surface area contributed by atoms with Crippen molar-refractivity contribution in [3.8, 4) is 17.2 Å². The Hall–Kier alpha value is -3.38. The first kappa shape index (κ1) is 35.1. The second kappa shape index (κ2) is 14.6. The normalized spacial score (nSPS) is 13.3. The molecule has 0 saturated carbocycles. The van der Waals surface area contributed by atoms with Crippen LogP contribution in [0.3, 0.4) is 0 Å². The number of rotatable bonds is 13. The van der Waals surface area contributed by atoms with Gasteiger partial charge in [0.25, 0.3) is 0 Å². The van der Waals surface area contributed by atoms with Gasteiger partial charge in [0, 0.05) is 22.9 Å². The van der Waals surface area contributed by atoms with E-state index in [2.05, 4.69) is 55.4 Å². The van der Waals surface area contributed by atoms with Gasteiger partial charge in [0.2, 0.25) is 0 Å². The molecule has 0 saturated heterocycles. The van der Waals surface area contributed by atoms with Gasteiger partial charge in [-0.15, -0.1) is 0 Å². The number of aliphatic hydroxyl groups is 1. The third kappa shape index (κ3) is 8.41. The quantitative estimate of drug-likeness (QED) is 0.150. The molecule has 0 unspecified atom stereocenters. The fraction of sp³-hybridized carbons (Fsp3) is 0.500. The van der Waals surface area contributed by atoms with Gasteiger partial charge in [0.1, 0.15) is 28.7 Å². The van der Waals surface area contributed by atoms with Crippen molar-refractivity contribution >= 4 is 6.21 Å². The summed E-state index contributed by atoms with van der Waals surface area (Å²) in [7, 11) is 0. The smallest absolute Gasteiger partial charge is 0.144 e. The summed E-state index contributed by atoms with van der Waals surface area (Å²) >= 11 is 0. The summed E-state index contributed by atoms with van der Waals surface area (Å²) in [5.74, 6) is 0.569. The van der Waals surface area contributed by atoms with Gasteiger partial charge in [0.15, 0.2) is 0 Å². The van der Waals surface area contributed by atoms with Crippen molar-refractivity contribution in [2.24, 2.45) is 4.99 Å². The van der Waals surface area contributed by atoms with Crippen molar-refractivity contribution in [2.75, 3.05) is 13.2 Å². The third-order valence-electron chi connectivity index (χ3n) is 8.05. The Kier molecular flexibility index (Phi) is 11.6. The molecule has 0 radical (unpaired) electrons. The van der Waals surface area contributed by atoms with Gasteiger partial charge in [-0.3, -0.25) is 4.99 Å². The minimum absolute atomic E-state index is 0.0949. The summed E-state index contributed by atoms with van der Waals surface area (Å²) in [6.45, 7) is 19.9. The maximum atomic E-state index is 14.1. The Morgan fingerprint density at radius 3 is 1.68 bits per heavy atom. The van der Waals surface area contributed by atoms with Crippen molar-refractivity contribution in [1.29, 1.82) is 0 Å². The number of aliphatic imine (C=N–C) groups is 1. The lowest BCUT2D eigenvalue weighted by Gasteiger charge is -2.37. The highest BCUT2D eigenvalue weighted by atomic mass is 19.1. The molecule has 0 bridgehead atoms. The lowest BCUT2D eigenvalue weighted by atomic mass is 9.75. The predicted octanol–water partition coefficient (Wildman–Crippen LogP) is 9.23. The highest BCUT2D eigenvalue weighted by molar-refractivity contribution is 5.83. The summed E-state index contributed by atoms with van der Waals surface area (Å²) in [6, 6.07) is 14.9.